The van der Waals surface area contributed by atoms with Gasteiger partial charge in [-0.15, -0.1) is 24.0 Å². The lowest BCUT2D eigenvalue weighted by Gasteiger charge is -2.01. The van der Waals surface area contributed by atoms with Crippen molar-refractivity contribution in [3.8, 4) is 11.8 Å². The Bertz CT molecular complexity index is 525. The van der Waals surface area contributed by atoms with Crippen molar-refractivity contribution < 1.29 is 4.74 Å². The van der Waals surface area contributed by atoms with Crippen LogP contribution in [0.3, 0.4) is 0 Å². The monoisotopic (exact) mass is 221 g/mol. The Morgan fingerprint density at radius 1 is 1.50 bits per heavy atom. The third-order valence-corrected chi connectivity index (χ3v) is 3.27. The van der Waals surface area contributed by atoms with E-state index in [9.17, 15) is 0 Å². The summed E-state index contributed by atoms with van der Waals surface area (Å²) < 4.78 is 6.15. The first-order chi connectivity index (χ1) is 6.76. The molecule has 0 fully saturated rings. The maximum absolute atomic E-state index is 8.87. The Morgan fingerprint density at radius 3 is 2.93 bits per heavy atom. The van der Waals surface area contributed by atoms with Gasteiger partial charge in [0.1, 0.15) is 11.8 Å². The summed E-state index contributed by atoms with van der Waals surface area (Å²) in [7, 11) is 1.62. The summed E-state index contributed by atoms with van der Waals surface area (Å²) >= 11 is 5.87. The average molecular weight is 221 g/mol. The van der Waals surface area contributed by atoms with Gasteiger partial charge in [-0.25, -0.2) is 0 Å². The highest BCUT2D eigenvalue weighted by atomic mass is 32.1. The number of methoxy groups -OCH3 is 1. The first-order valence-electron chi connectivity index (χ1n) is 3.94. The first-order valence-corrected chi connectivity index (χ1v) is 5.27. The molecule has 14 heavy (non-hydrogen) atoms. The van der Waals surface area contributed by atoms with E-state index in [4.69, 9.17) is 10.00 Å². The number of nitrogens with zero attached hydrogens (tertiary/aromatic N) is 1. The summed E-state index contributed by atoms with van der Waals surface area (Å²) in [6, 6.07) is 5.88. The van der Waals surface area contributed by atoms with Gasteiger partial charge in [-0.3, -0.25) is 0 Å². The van der Waals surface area contributed by atoms with Crippen molar-refractivity contribution in [2.45, 2.75) is 4.90 Å². The van der Waals surface area contributed by atoms with Crippen molar-refractivity contribution in [1.82, 2.24) is 0 Å². The molecule has 70 valence electrons. The van der Waals surface area contributed by atoms with Crippen LogP contribution in [0.25, 0.3) is 10.1 Å². The van der Waals surface area contributed by atoms with Crippen molar-refractivity contribution in [2.24, 2.45) is 0 Å². The quantitative estimate of drug-likeness (QED) is 0.751. The molecular weight excluding hydrogens is 214 g/mol. The number of benzene rings is 1. The lowest BCUT2D eigenvalue weighted by Crippen LogP contribution is -1.82. The standard InChI is InChI=1S/C10H7NOS2/c1-12-7-2-8(13)10-6(4-11)5-14-9(10)3-7/h2-3,5,13H,1H3. The van der Waals surface area contributed by atoms with Crippen molar-refractivity contribution in [3.63, 3.8) is 0 Å². The highest BCUT2D eigenvalue weighted by Crippen LogP contribution is 2.34. The fourth-order valence-corrected chi connectivity index (χ4v) is 2.70. The summed E-state index contributed by atoms with van der Waals surface area (Å²) in [5, 5.41) is 11.6. The minimum absolute atomic E-state index is 0.678. The van der Waals surface area contributed by atoms with Crippen LogP contribution in [0.4, 0.5) is 0 Å². The average Bonchev–Trinajstić information content (AvgIpc) is 2.61. The Balaban J connectivity index is 2.80. The van der Waals surface area contributed by atoms with Crippen LogP contribution in [0, 0.1) is 11.3 Å². The molecule has 2 rings (SSSR count). The van der Waals surface area contributed by atoms with Crippen LogP contribution >= 0.6 is 24.0 Å². The van der Waals surface area contributed by atoms with E-state index in [0.717, 1.165) is 20.7 Å². The number of hydrogen-bond donors (Lipinski definition) is 1. The molecule has 0 radical (unpaired) electrons. The van der Waals surface area contributed by atoms with Gasteiger partial charge in [0.15, 0.2) is 0 Å². The fourth-order valence-electron chi connectivity index (χ4n) is 1.32. The number of thiophene rings is 1. The van der Waals surface area contributed by atoms with Gasteiger partial charge in [-0.1, -0.05) is 0 Å². The molecule has 2 nitrogen and oxygen atoms in total. The number of nitriles is 1. The van der Waals surface area contributed by atoms with E-state index in [-0.39, 0.29) is 0 Å². The normalized spacial score (nSPS) is 10.1. The van der Waals surface area contributed by atoms with Crippen LogP contribution in [-0.4, -0.2) is 7.11 Å². The molecule has 0 saturated heterocycles. The number of ether oxygens (including phenoxy) is 1. The molecule has 2 aromatic rings. The zero-order chi connectivity index (χ0) is 10.1. The molecule has 0 amide bonds. The van der Waals surface area contributed by atoms with Gasteiger partial charge < -0.3 is 4.74 Å². The summed E-state index contributed by atoms with van der Waals surface area (Å²) in [5.74, 6) is 0.772. The summed E-state index contributed by atoms with van der Waals surface area (Å²) in [4.78, 5) is 0.789. The molecule has 0 atom stereocenters. The van der Waals surface area contributed by atoms with E-state index < -0.39 is 0 Å². The van der Waals surface area contributed by atoms with E-state index in [1.165, 1.54) is 11.3 Å². The summed E-state index contributed by atoms with van der Waals surface area (Å²) in [6.07, 6.45) is 0. The van der Waals surface area contributed by atoms with Crippen LogP contribution in [0.5, 0.6) is 5.75 Å². The van der Waals surface area contributed by atoms with Gasteiger partial charge >= 0.3 is 0 Å². The predicted molar refractivity (Wildman–Crippen MR) is 60.3 cm³/mol. The lowest BCUT2D eigenvalue weighted by molar-refractivity contribution is 0.414. The molecule has 1 aromatic carbocycles. The van der Waals surface area contributed by atoms with Crippen molar-refractivity contribution in [2.75, 3.05) is 7.11 Å². The minimum Gasteiger partial charge on any atom is -0.497 e. The molecule has 0 unspecified atom stereocenters. The third kappa shape index (κ3) is 1.35. The minimum atomic E-state index is 0.678. The molecule has 1 heterocycles. The molecule has 0 aliphatic heterocycles. The highest BCUT2D eigenvalue weighted by molar-refractivity contribution is 7.80. The number of hydrogen-bond acceptors (Lipinski definition) is 4. The number of thiol groups is 1. The van der Waals surface area contributed by atoms with Gasteiger partial charge in [0.05, 0.1) is 12.7 Å². The van der Waals surface area contributed by atoms with Crippen molar-refractivity contribution in [3.05, 3.63) is 23.1 Å². The van der Waals surface area contributed by atoms with Gasteiger partial charge in [0.2, 0.25) is 0 Å². The van der Waals surface area contributed by atoms with E-state index in [1.54, 1.807) is 7.11 Å². The van der Waals surface area contributed by atoms with Crippen LogP contribution in [0.2, 0.25) is 0 Å². The molecule has 0 aliphatic rings. The Morgan fingerprint density at radius 2 is 2.29 bits per heavy atom. The fraction of sp³-hybridized carbons (Fsp3) is 0.100. The van der Waals surface area contributed by atoms with Gasteiger partial charge in [-0.05, 0) is 12.1 Å². The summed E-state index contributed by atoms with van der Waals surface area (Å²) in [5.41, 5.74) is 0.678. The Labute approximate surface area is 91.1 Å². The molecule has 0 bridgehead atoms. The lowest BCUT2D eigenvalue weighted by atomic mass is 10.2. The second-order valence-corrected chi connectivity index (χ2v) is 4.17. The second kappa shape index (κ2) is 3.52. The van der Waals surface area contributed by atoms with Crippen molar-refractivity contribution >= 4 is 34.1 Å². The third-order valence-electron chi connectivity index (χ3n) is 1.98. The molecule has 0 aliphatic carbocycles. The first kappa shape index (κ1) is 9.38. The number of fused-ring (bicyclic) bond motifs is 1. The van der Waals surface area contributed by atoms with E-state index >= 15 is 0 Å². The largest absolute Gasteiger partial charge is 0.497 e. The second-order valence-electron chi connectivity index (χ2n) is 2.78. The van der Waals surface area contributed by atoms with E-state index in [1.807, 2.05) is 17.5 Å². The van der Waals surface area contributed by atoms with Gasteiger partial charge in [0.25, 0.3) is 0 Å². The Kier molecular flexibility index (Phi) is 2.36. The molecule has 0 N–H and O–H groups in total. The highest BCUT2D eigenvalue weighted by Gasteiger charge is 2.08. The van der Waals surface area contributed by atoms with Crippen LogP contribution in [0.15, 0.2) is 22.4 Å². The molecule has 1 aromatic heterocycles. The summed E-state index contributed by atoms with van der Waals surface area (Å²) in [6.45, 7) is 0. The molecule has 0 saturated carbocycles. The Hall–Kier alpha value is -1.18. The van der Waals surface area contributed by atoms with Crippen molar-refractivity contribution in [1.29, 1.82) is 5.26 Å². The predicted octanol–water partition coefficient (Wildman–Crippen LogP) is 3.07. The van der Waals surface area contributed by atoms with Crippen LogP contribution < -0.4 is 4.74 Å². The maximum atomic E-state index is 8.87. The van der Waals surface area contributed by atoms with E-state index in [2.05, 4.69) is 18.7 Å². The smallest absolute Gasteiger partial charge is 0.121 e. The maximum Gasteiger partial charge on any atom is 0.121 e. The van der Waals surface area contributed by atoms with Crippen LogP contribution in [0.1, 0.15) is 5.56 Å². The van der Waals surface area contributed by atoms with Gasteiger partial charge in [0, 0.05) is 20.4 Å². The van der Waals surface area contributed by atoms with Gasteiger partial charge in [-0.2, -0.15) is 5.26 Å². The molecular formula is C10H7NOS2. The number of rotatable bonds is 1. The SMILES string of the molecule is COc1cc(S)c2c(C#N)csc2c1. The zero-order valence-electron chi connectivity index (χ0n) is 7.44. The molecule has 0 spiro atoms. The topological polar surface area (TPSA) is 33.0 Å². The zero-order valence-corrected chi connectivity index (χ0v) is 9.15. The van der Waals surface area contributed by atoms with Crippen LogP contribution in [-0.2, 0) is 0 Å². The van der Waals surface area contributed by atoms with E-state index in [0.29, 0.717) is 5.56 Å². The molecule has 4 heteroatoms.